The van der Waals surface area contributed by atoms with Gasteiger partial charge in [0.15, 0.2) is 5.82 Å². The Labute approximate surface area is 134 Å². The van der Waals surface area contributed by atoms with E-state index in [9.17, 15) is 0 Å². The fourth-order valence-electron chi connectivity index (χ4n) is 3.19. The van der Waals surface area contributed by atoms with E-state index < -0.39 is 0 Å². The number of piperazine rings is 1. The van der Waals surface area contributed by atoms with Crippen LogP contribution >= 0.6 is 0 Å². The molecule has 2 aromatic heterocycles. The fourth-order valence-corrected chi connectivity index (χ4v) is 3.19. The van der Waals surface area contributed by atoms with Crippen molar-refractivity contribution < 1.29 is 9.37 Å². The minimum atomic E-state index is 0.405. The van der Waals surface area contributed by atoms with Crippen LogP contribution in [-0.4, -0.2) is 59.7 Å². The quantitative estimate of drug-likeness (QED) is 0.829. The normalized spacial score (nSPS) is 21.9. The maximum absolute atomic E-state index is 5.46. The minimum absolute atomic E-state index is 0.405. The van der Waals surface area contributed by atoms with Gasteiger partial charge in [0, 0.05) is 44.8 Å². The number of nitrogens with zero attached hydrogens (tertiary/aromatic N) is 6. The molecule has 0 unspecified atom stereocenters. The molecule has 0 spiro atoms. The Kier molecular flexibility index (Phi) is 3.82. The Bertz CT molecular complexity index is 661. The van der Waals surface area contributed by atoms with E-state index in [0.717, 1.165) is 68.8 Å². The first-order chi connectivity index (χ1) is 11.3. The lowest BCUT2D eigenvalue weighted by Gasteiger charge is -2.35. The number of ether oxygens (including phenoxy) is 1. The van der Waals surface area contributed by atoms with Crippen molar-refractivity contribution >= 4 is 11.6 Å². The first kappa shape index (κ1) is 14.4. The Morgan fingerprint density at radius 1 is 1.09 bits per heavy atom. The third kappa shape index (κ3) is 2.86. The van der Waals surface area contributed by atoms with Gasteiger partial charge in [0.1, 0.15) is 17.8 Å². The van der Waals surface area contributed by atoms with Crippen molar-refractivity contribution in [2.75, 3.05) is 49.2 Å². The van der Waals surface area contributed by atoms with E-state index >= 15 is 0 Å². The topological polar surface area (TPSA) is 80.4 Å². The van der Waals surface area contributed by atoms with Crippen LogP contribution < -0.4 is 9.80 Å². The second-order valence-corrected chi connectivity index (χ2v) is 6.01. The van der Waals surface area contributed by atoms with Crippen molar-refractivity contribution in [3.05, 3.63) is 23.8 Å². The number of rotatable bonds is 3. The zero-order valence-electron chi connectivity index (χ0n) is 13.2. The van der Waals surface area contributed by atoms with Gasteiger partial charge in [0.05, 0.1) is 12.3 Å². The van der Waals surface area contributed by atoms with E-state index in [1.54, 1.807) is 6.33 Å². The summed E-state index contributed by atoms with van der Waals surface area (Å²) in [5, 5.41) is 7.84. The summed E-state index contributed by atoms with van der Waals surface area (Å²) in [5.41, 5.74) is 1.93. The predicted molar refractivity (Wildman–Crippen MR) is 83.7 cm³/mol. The van der Waals surface area contributed by atoms with Gasteiger partial charge in [0.2, 0.25) is 0 Å². The van der Waals surface area contributed by atoms with Crippen molar-refractivity contribution in [2.24, 2.45) is 0 Å². The second-order valence-electron chi connectivity index (χ2n) is 6.01. The molecule has 4 rings (SSSR count). The highest BCUT2D eigenvalue weighted by atomic mass is 16.6. The molecule has 8 heteroatoms. The summed E-state index contributed by atoms with van der Waals surface area (Å²) in [5.74, 6) is 2.24. The van der Waals surface area contributed by atoms with Crippen LogP contribution in [0.1, 0.15) is 23.7 Å². The highest BCUT2D eigenvalue weighted by molar-refractivity contribution is 5.46. The molecule has 2 aliphatic rings. The van der Waals surface area contributed by atoms with Gasteiger partial charge in [-0.25, -0.2) is 14.6 Å². The molecule has 8 nitrogen and oxygen atoms in total. The lowest BCUT2D eigenvalue weighted by molar-refractivity contribution is 0.193. The Hall–Kier alpha value is -2.22. The average Bonchev–Trinajstić information content (AvgIpc) is 3.27. The molecular weight excluding hydrogens is 296 g/mol. The molecule has 2 fully saturated rings. The average molecular weight is 316 g/mol. The first-order valence-corrected chi connectivity index (χ1v) is 8.00. The number of anilines is 2. The van der Waals surface area contributed by atoms with Gasteiger partial charge in [0.25, 0.3) is 0 Å². The molecule has 122 valence electrons. The molecule has 23 heavy (non-hydrogen) atoms. The van der Waals surface area contributed by atoms with E-state index in [0.29, 0.717) is 5.92 Å². The first-order valence-electron chi connectivity index (χ1n) is 8.00. The highest BCUT2D eigenvalue weighted by Crippen LogP contribution is 2.26. The largest absolute Gasteiger partial charge is 0.381 e. The molecule has 1 atom stereocenters. The summed E-state index contributed by atoms with van der Waals surface area (Å²) in [7, 11) is 0. The van der Waals surface area contributed by atoms with Crippen molar-refractivity contribution in [1.82, 2.24) is 20.3 Å². The molecule has 0 saturated carbocycles. The van der Waals surface area contributed by atoms with Gasteiger partial charge >= 0.3 is 0 Å². The molecule has 2 saturated heterocycles. The van der Waals surface area contributed by atoms with Gasteiger partial charge in [-0.05, 0) is 18.5 Å². The van der Waals surface area contributed by atoms with Crippen LogP contribution in [0.2, 0.25) is 0 Å². The minimum Gasteiger partial charge on any atom is -0.381 e. The smallest absolute Gasteiger partial charge is 0.196 e. The molecule has 2 aromatic rings. The van der Waals surface area contributed by atoms with Crippen LogP contribution in [0.5, 0.6) is 0 Å². The maximum Gasteiger partial charge on any atom is 0.196 e. The van der Waals surface area contributed by atoms with Crippen LogP contribution in [0.4, 0.5) is 11.6 Å². The Balaban J connectivity index is 1.44. The summed E-state index contributed by atoms with van der Waals surface area (Å²) in [4.78, 5) is 13.4. The lowest BCUT2D eigenvalue weighted by atomic mass is 10.0. The van der Waals surface area contributed by atoms with Crippen LogP contribution in [0.15, 0.2) is 17.0 Å². The van der Waals surface area contributed by atoms with Crippen molar-refractivity contribution in [1.29, 1.82) is 0 Å². The van der Waals surface area contributed by atoms with Crippen LogP contribution in [0.25, 0.3) is 0 Å². The maximum atomic E-state index is 5.46. The van der Waals surface area contributed by atoms with E-state index in [2.05, 4.69) is 36.1 Å². The molecule has 2 aliphatic heterocycles. The SMILES string of the molecule is Cc1nonc1N1CCN(c2cc([C@@H]3CCOC3)ncn2)CC1. The molecular formula is C15H20N6O2. The van der Waals surface area contributed by atoms with Gasteiger partial charge in [-0.15, -0.1) is 0 Å². The van der Waals surface area contributed by atoms with Crippen LogP contribution in [0.3, 0.4) is 0 Å². The summed E-state index contributed by atoms with van der Waals surface area (Å²) in [6.45, 7) is 7.05. The standard InChI is InChI=1S/C15H20N6O2/c1-11-15(19-23-18-11)21-5-3-20(4-6-21)14-8-13(16-10-17-14)12-2-7-22-9-12/h8,10,12H,2-7,9H2,1H3/t12-/m1/s1. The predicted octanol–water partition coefficient (Wildman–Crippen LogP) is 0.999. The zero-order chi connectivity index (χ0) is 15.6. The van der Waals surface area contributed by atoms with Gasteiger partial charge < -0.3 is 14.5 Å². The third-order valence-corrected chi connectivity index (χ3v) is 4.55. The van der Waals surface area contributed by atoms with E-state index in [-0.39, 0.29) is 0 Å². The van der Waals surface area contributed by atoms with E-state index in [1.165, 1.54) is 0 Å². The number of hydrogen-bond acceptors (Lipinski definition) is 8. The van der Waals surface area contributed by atoms with Gasteiger partial charge in [-0.3, -0.25) is 0 Å². The van der Waals surface area contributed by atoms with Crippen molar-refractivity contribution in [2.45, 2.75) is 19.3 Å². The number of hydrogen-bond donors (Lipinski definition) is 0. The molecule has 0 bridgehead atoms. The van der Waals surface area contributed by atoms with E-state index in [1.807, 2.05) is 6.92 Å². The summed E-state index contributed by atoms with van der Waals surface area (Å²) < 4.78 is 10.3. The fraction of sp³-hybridized carbons (Fsp3) is 0.600. The second kappa shape index (κ2) is 6.11. The molecule has 0 amide bonds. The monoisotopic (exact) mass is 316 g/mol. The van der Waals surface area contributed by atoms with E-state index in [4.69, 9.17) is 9.37 Å². The Morgan fingerprint density at radius 2 is 1.91 bits per heavy atom. The lowest BCUT2D eigenvalue weighted by Crippen LogP contribution is -2.47. The molecule has 0 aliphatic carbocycles. The van der Waals surface area contributed by atoms with Crippen LogP contribution in [0, 0.1) is 6.92 Å². The molecule has 4 heterocycles. The molecule has 0 N–H and O–H groups in total. The Morgan fingerprint density at radius 3 is 2.61 bits per heavy atom. The highest BCUT2D eigenvalue weighted by Gasteiger charge is 2.24. The van der Waals surface area contributed by atoms with Crippen molar-refractivity contribution in [3.63, 3.8) is 0 Å². The van der Waals surface area contributed by atoms with Crippen molar-refractivity contribution in [3.8, 4) is 0 Å². The number of aryl methyl sites for hydroxylation is 1. The zero-order valence-corrected chi connectivity index (χ0v) is 13.2. The summed E-state index contributed by atoms with van der Waals surface area (Å²) in [6, 6.07) is 2.11. The molecule has 0 radical (unpaired) electrons. The van der Waals surface area contributed by atoms with Crippen LogP contribution in [-0.2, 0) is 4.74 Å². The molecule has 0 aromatic carbocycles. The van der Waals surface area contributed by atoms with Gasteiger partial charge in [-0.1, -0.05) is 5.16 Å². The summed E-state index contributed by atoms with van der Waals surface area (Å²) >= 11 is 0. The number of aromatic nitrogens is 4. The summed E-state index contributed by atoms with van der Waals surface area (Å²) in [6.07, 6.45) is 2.71. The third-order valence-electron chi connectivity index (χ3n) is 4.55. The van der Waals surface area contributed by atoms with Gasteiger partial charge in [-0.2, -0.15) is 0 Å².